The van der Waals surface area contributed by atoms with Crippen LogP contribution in [0.25, 0.3) is 0 Å². The number of hydrogen-bond acceptors (Lipinski definition) is 3. The first-order valence-corrected chi connectivity index (χ1v) is 6.70. The van der Waals surface area contributed by atoms with Crippen molar-refractivity contribution in [3.05, 3.63) is 65.0 Å². The zero-order chi connectivity index (χ0) is 15.2. The molecule has 1 N–H and O–H groups in total. The lowest BCUT2D eigenvalue weighted by molar-refractivity contribution is 0.414. The third kappa shape index (κ3) is 3.80. The van der Waals surface area contributed by atoms with Gasteiger partial charge in [-0.1, -0.05) is 12.1 Å². The first-order chi connectivity index (χ1) is 10.1. The fourth-order valence-electron chi connectivity index (χ4n) is 2.09. The Labute approximate surface area is 124 Å². The zero-order valence-corrected chi connectivity index (χ0v) is 12.1. The molecule has 0 heterocycles. The number of methoxy groups -OCH3 is 1. The quantitative estimate of drug-likeness (QED) is 0.913. The highest BCUT2D eigenvalue weighted by atomic mass is 19.1. The fourth-order valence-corrected chi connectivity index (χ4v) is 2.09. The van der Waals surface area contributed by atoms with E-state index in [0.717, 1.165) is 11.3 Å². The molecule has 0 fully saturated rings. The summed E-state index contributed by atoms with van der Waals surface area (Å²) < 4.78 is 18.4. The summed E-state index contributed by atoms with van der Waals surface area (Å²) in [6.45, 7) is 2.46. The van der Waals surface area contributed by atoms with Gasteiger partial charge in [-0.3, -0.25) is 0 Å². The van der Waals surface area contributed by atoms with Gasteiger partial charge in [-0.05, 0) is 48.4 Å². The van der Waals surface area contributed by atoms with Gasteiger partial charge in [0, 0.05) is 12.6 Å². The van der Waals surface area contributed by atoms with Crippen molar-refractivity contribution in [2.75, 3.05) is 7.11 Å². The number of benzene rings is 2. The highest BCUT2D eigenvalue weighted by Gasteiger charge is 2.08. The van der Waals surface area contributed by atoms with Crippen LogP contribution < -0.4 is 10.1 Å². The monoisotopic (exact) mass is 284 g/mol. The summed E-state index contributed by atoms with van der Waals surface area (Å²) >= 11 is 0. The van der Waals surface area contributed by atoms with E-state index in [-0.39, 0.29) is 11.9 Å². The van der Waals surface area contributed by atoms with Gasteiger partial charge < -0.3 is 10.1 Å². The van der Waals surface area contributed by atoms with E-state index in [1.165, 1.54) is 18.2 Å². The lowest BCUT2D eigenvalue weighted by Gasteiger charge is -2.15. The SMILES string of the molecule is COc1ccc(C(C)NCc2cc(F)ccc2C#N)cc1. The molecule has 3 nitrogen and oxygen atoms in total. The van der Waals surface area contributed by atoms with Crippen LogP contribution in [0.2, 0.25) is 0 Å². The summed E-state index contributed by atoms with van der Waals surface area (Å²) in [5, 5.41) is 12.3. The van der Waals surface area contributed by atoms with Crippen molar-refractivity contribution in [1.82, 2.24) is 5.32 Å². The fraction of sp³-hybridized carbons (Fsp3) is 0.235. The van der Waals surface area contributed by atoms with Gasteiger partial charge in [0.2, 0.25) is 0 Å². The predicted octanol–water partition coefficient (Wildman–Crippen LogP) is 3.56. The number of halogens is 1. The number of nitrogens with zero attached hydrogens (tertiary/aromatic N) is 1. The van der Waals surface area contributed by atoms with Crippen molar-refractivity contribution in [1.29, 1.82) is 5.26 Å². The normalized spacial score (nSPS) is 11.7. The van der Waals surface area contributed by atoms with E-state index in [1.807, 2.05) is 31.2 Å². The van der Waals surface area contributed by atoms with E-state index in [2.05, 4.69) is 11.4 Å². The van der Waals surface area contributed by atoms with Crippen LogP contribution in [0.15, 0.2) is 42.5 Å². The Kier molecular flexibility index (Phi) is 4.91. The Hall–Kier alpha value is -2.38. The number of hydrogen-bond donors (Lipinski definition) is 1. The van der Waals surface area contributed by atoms with Gasteiger partial charge >= 0.3 is 0 Å². The molecule has 0 saturated carbocycles. The van der Waals surface area contributed by atoms with Crippen LogP contribution in [-0.2, 0) is 6.54 Å². The molecule has 0 aromatic heterocycles. The van der Waals surface area contributed by atoms with Crippen molar-refractivity contribution in [2.45, 2.75) is 19.5 Å². The summed E-state index contributed by atoms with van der Waals surface area (Å²) in [5.41, 5.74) is 2.26. The van der Waals surface area contributed by atoms with E-state index in [0.29, 0.717) is 17.7 Å². The predicted molar refractivity (Wildman–Crippen MR) is 79.4 cm³/mol. The molecule has 0 spiro atoms. The number of rotatable bonds is 5. The van der Waals surface area contributed by atoms with Crippen LogP contribution in [-0.4, -0.2) is 7.11 Å². The maximum atomic E-state index is 13.3. The number of nitrogens with one attached hydrogen (secondary N) is 1. The summed E-state index contributed by atoms with van der Waals surface area (Å²) in [4.78, 5) is 0. The molecule has 1 atom stereocenters. The van der Waals surface area contributed by atoms with Gasteiger partial charge in [-0.2, -0.15) is 5.26 Å². The molecule has 0 aliphatic heterocycles. The standard InChI is InChI=1S/C17H17FN2O/c1-12(13-4-7-17(21-2)8-5-13)20-11-15-9-16(18)6-3-14(15)10-19/h3-9,12,20H,11H2,1-2H3. The molecule has 2 aromatic rings. The van der Waals surface area contributed by atoms with Crippen LogP contribution in [0.3, 0.4) is 0 Å². The van der Waals surface area contributed by atoms with Gasteiger partial charge in [0.25, 0.3) is 0 Å². The average Bonchev–Trinajstić information content (AvgIpc) is 2.52. The van der Waals surface area contributed by atoms with Crippen molar-refractivity contribution in [3.63, 3.8) is 0 Å². The largest absolute Gasteiger partial charge is 0.497 e. The Morgan fingerprint density at radius 2 is 1.95 bits per heavy atom. The minimum absolute atomic E-state index is 0.0886. The lowest BCUT2D eigenvalue weighted by Crippen LogP contribution is -2.18. The molecule has 2 aromatic carbocycles. The van der Waals surface area contributed by atoms with E-state index >= 15 is 0 Å². The molecule has 0 amide bonds. The molecule has 2 rings (SSSR count). The van der Waals surface area contributed by atoms with Crippen LogP contribution in [0.5, 0.6) is 5.75 Å². The van der Waals surface area contributed by atoms with Gasteiger partial charge in [0.1, 0.15) is 11.6 Å². The molecule has 0 aliphatic rings. The molecule has 4 heteroatoms. The highest BCUT2D eigenvalue weighted by Crippen LogP contribution is 2.18. The summed E-state index contributed by atoms with van der Waals surface area (Å²) in [7, 11) is 1.63. The van der Waals surface area contributed by atoms with E-state index in [4.69, 9.17) is 10.00 Å². The molecule has 0 radical (unpaired) electrons. The minimum Gasteiger partial charge on any atom is -0.497 e. The Morgan fingerprint density at radius 3 is 2.57 bits per heavy atom. The zero-order valence-electron chi connectivity index (χ0n) is 12.1. The van der Waals surface area contributed by atoms with Crippen molar-refractivity contribution in [3.8, 4) is 11.8 Å². The Bertz CT molecular complexity index is 647. The number of nitriles is 1. The molecule has 21 heavy (non-hydrogen) atoms. The van der Waals surface area contributed by atoms with Crippen molar-refractivity contribution in [2.24, 2.45) is 0 Å². The van der Waals surface area contributed by atoms with Crippen LogP contribution >= 0.6 is 0 Å². The molecular formula is C17H17FN2O. The maximum absolute atomic E-state index is 13.3. The molecule has 0 aliphatic carbocycles. The van der Waals surface area contributed by atoms with Gasteiger partial charge in [-0.25, -0.2) is 4.39 Å². The third-order valence-electron chi connectivity index (χ3n) is 3.40. The smallest absolute Gasteiger partial charge is 0.123 e. The first-order valence-electron chi connectivity index (χ1n) is 6.70. The second-order valence-corrected chi connectivity index (χ2v) is 4.79. The topological polar surface area (TPSA) is 45.0 Å². The summed E-state index contributed by atoms with van der Waals surface area (Å²) in [5.74, 6) is 0.478. The second kappa shape index (κ2) is 6.87. The Balaban J connectivity index is 2.05. The first kappa shape index (κ1) is 15.0. The van der Waals surface area contributed by atoms with Gasteiger partial charge in [-0.15, -0.1) is 0 Å². The average molecular weight is 284 g/mol. The third-order valence-corrected chi connectivity index (χ3v) is 3.40. The molecular weight excluding hydrogens is 267 g/mol. The molecule has 108 valence electrons. The van der Waals surface area contributed by atoms with Crippen LogP contribution in [0.4, 0.5) is 4.39 Å². The lowest BCUT2D eigenvalue weighted by atomic mass is 10.1. The summed E-state index contributed by atoms with van der Waals surface area (Å²) in [6, 6.07) is 14.1. The highest BCUT2D eigenvalue weighted by molar-refractivity contribution is 5.38. The van der Waals surface area contributed by atoms with Crippen LogP contribution in [0.1, 0.15) is 29.7 Å². The van der Waals surface area contributed by atoms with Crippen LogP contribution in [0, 0.1) is 17.1 Å². The summed E-state index contributed by atoms with van der Waals surface area (Å²) in [6.07, 6.45) is 0. The van der Waals surface area contributed by atoms with Gasteiger partial charge in [0.05, 0.1) is 18.7 Å². The van der Waals surface area contributed by atoms with Gasteiger partial charge in [0.15, 0.2) is 0 Å². The van der Waals surface area contributed by atoms with Crippen molar-refractivity contribution >= 4 is 0 Å². The van der Waals surface area contributed by atoms with E-state index in [1.54, 1.807) is 7.11 Å². The molecule has 1 unspecified atom stereocenters. The molecule has 0 saturated heterocycles. The second-order valence-electron chi connectivity index (χ2n) is 4.79. The van der Waals surface area contributed by atoms with E-state index in [9.17, 15) is 4.39 Å². The van der Waals surface area contributed by atoms with Crippen molar-refractivity contribution < 1.29 is 9.13 Å². The minimum atomic E-state index is -0.331. The molecule has 0 bridgehead atoms. The number of ether oxygens (including phenoxy) is 1. The van der Waals surface area contributed by atoms with E-state index < -0.39 is 0 Å². The Morgan fingerprint density at radius 1 is 1.24 bits per heavy atom. The maximum Gasteiger partial charge on any atom is 0.123 e.